The highest BCUT2D eigenvalue weighted by atomic mass is 19.4. The molecule has 1 heterocycles. The number of hydrogen-bond donors (Lipinski definition) is 1. The molecular weight excluding hydrogens is 279 g/mol. The Morgan fingerprint density at radius 3 is 2.14 bits per heavy atom. The molecule has 0 spiro atoms. The summed E-state index contributed by atoms with van der Waals surface area (Å²) in [5.41, 5.74) is 6.86. The Labute approximate surface area is 121 Å². The van der Waals surface area contributed by atoms with E-state index in [4.69, 9.17) is 5.73 Å². The Morgan fingerprint density at radius 1 is 1.05 bits per heavy atom. The first-order valence-corrected chi connectivity index (χ1v) is 6.42. The van der Waals surface area contributed by atoms with E-state index in [1.165, 1.54) is 6.07 Å². The summed E-state index contributed by atoms with van der Waals surface area (Å²) < 4.78 is 37.4. The highest BCUT2D eigenvalue weighted by Gasteiger charge is 2.30. The van der Waals surface area contributed by atoms with Crippen molar-refractivity contribution >= 4 is 5.82 Å². The SMILES string of the molecule is CN(Cc1ccc(CN)cc1)c1ccc(C(F)(F)F)cn1. The standard InChI is InChI=1S/C15H16F3N3/c1-21(10-12-4-2-11(8-19)3-5-12)14-7-6-13(9-20-14)15(16,17)18/h2-7,9H,8,10,19H2,1H3. The molecule has 6 heteroatoms. The van der Waals surface area contributed by atoms with Gasteiger partial charge in [-0.3, -0.25) is 0 Å². The lowest BCUT2D eigenvalue weighted by Gasteiger charge is -2.19. The van der Waals surface area contributed by atoms with Crippen molar-refractivity contribution < 1.29 is 13.2 Å². The number of nitrogens with zero attached hydrogens (tertiary/aromatic N) is 2. The van der Waals surface area contributed by atoms with Crippen molar-refractivity contribution in [3.8, 4) is 0 Å². The van der Waals surface area contributed by atoms with E-state index in [-0.39, 0.29) is 0 Å². The molecule has 0 unspecified atom stereocenters. The number of rotatable bonds is 4. The van der Waals surface area contributed by atoms with Gasteiger partial charge in [-0.25, -0.2) is 4.98 Å². The van der Waals surface area contributed by atoms with Gasteiger partial charge < -0.3 is 10.6 Å². The molecule has 0 aliphatic rings. The van der Waals surface area contributed by atoms with Gasteiger partial charge in [0.15, 0.2) is 0 Å². The van der Waals surface area contributed by atoms with E-state index in [1.807, 2.05) is 24.3 Å². The molecule has 2 N–H and O–H groups in total. The lowest BCUT2D eigenvalue weighted by molar-refractivity contribution is -0.137. The Kier molecular flexibility index (Phi) is 4.47. The monoisotopic (exact) mass is 295 g/mol. The summed E-state index contributed by atoms with van der Waals surface area (Å²) >= 11 is 0. The number of nitrogens with two attached hydrogens (primary N) is 1. The lowest BCUT2D eigenvalue weighted by atomic mass is 10.1. The summed E-state index contributed by atoms with van der Waals surface area (Å²) in [6, 6.07) is 10.2. The molecule has 2 aromatic rings. The van der Waals surface area contributed by atoms with Gasteiger partial charge in [0, 0.05) is 26.3 Å². The molecule has 3 nitrogen and oxygen atoms in total. The van der Waals surface area contributed by atoms with Crippen LogP contribution in [-0.4, -0.2) is 12.0 Å². The molecule has 0 radical (unpaired) electrons. The highest BCUT2D eigenvalue weighted by molar-refractivity contribution is 5.40. The van der Waals surface area contributed by atoms with E-state index in [2.05, 4.69) is 4.98 Å². The fourth-order valence-electron chi connectivity index (χ4n) is 1.92. The fraction of sp³-hybridized carbons (Fsp3) is 0.267. The van der Waals surface area contributed by atoms with E-state index in [0.717, 1.165) is 23.4 Å². The lowest BCUT2D eigenvalue weighted by Crippen LogP contribution is -2.18. The minimum atomic E-state index is -4.36. The number of pyridine rings is 1. The number of aromatic nitrogens is 1. The van der Waals surface area contributed by atoms with E-state index in [0.29, 0.717) is 18.9 Å². The number of halogens is 3. The molecule has 0 aliphatic carbocycles. The van der Waals surface area contributed by atoms with Crippen LogP contribution >= 0.6 is 0 Å². The van der Waals surface area contributed by atoms with E-state index in [9.17, 15) is 13.2 Å². The van der Waals surface area contributed by atoms with Crippen molar-refractivity contribution in [2.75, 3.05) is 11.9 Å². The number of hydrogen-bond acceptors (Lipinski definition) is 3. The summed E-state index contributed by atoms with van der Waals surface area (Å²) in [5.74, 6) is 0.492. The summed E-state index contributed by atoms with van der Waals surface area (Å²) in [6.07, 6.45) is -3.51. The molecule has 0 saturated carbocycles. The van der Waals surface area contributed by atoms with Crippen LogP contribution in [0.5, 0.6) is 0 Å². The first-order chi connectivity index (χ1) is 9.90. The van der Waals surface area contributed by atoms with Crippen LogP contribution in [0.15, 0.2) is 42.6 Å². The van der Waals surface area contributed by atoms with Gasteiger partial charge in [-0.05, 0) is 23.3 Å². The highest BCUT2D eigenvalue weighted by Crippen LogP contribution is 2.29. The van der Waals surface area contributed by atoms with Crippen LogP contribution in [0.3, 0.4) is 0 Å². The smallest absolute Gasteiger partial charge is 0.355 e. The van der Waals surface area contributed by atoms with Crippen molar-refractivity contribution in [3.63, 3.8) is 0 Å². The van der Waals surface area contributed by atoms with Gasteiger partial charge in [0.25, 0.3) is 0 Å². The van der Waals surface area contributed by atoms with Crippen LogP contribution in [0.25, 0.3) is 0 Å². The molecule has 112 valence electrons. The zero-order valence-electron chi connectivity index (χ0n) is 11.6. The van der Waals surface area contributed by atoms with Crippen molar-refractivity contribution in [1.82, 2.24) is 4.98 Å². The average molecular weight is 295 g/mol. The second kappa shape index (κ2) is 6.13. The van der Waals surface area contributed by atoms with Gasteiger partial charge in [0.2, 0.25) is 0 Å². The molecule has 1 aromatic heterocycles. The van der Waals surface area contributed by atoms with Crippen LogP contribution < -0.4 is 10.6 Å². The number of anilines is 1. The third-order valence-electron chi connectivity index (χ3n) is 3.14. The third kappa shape index (κ3) is 3.95. The summed E-state index contributed by atoms with van der Waals surface area (Å²) in [5, 5.41) is 0. The Hall–Kier alpha value is -2.08. The summed E-state index contributed by atoms with van der Waals surface area (Å²) in [7, 11) is 1.78. The van der Waals surface area contributed by atoms with Gasteiger partial charge in [-0.2, -0.15) is 13.2 Å². The van der Waals surface area contributed by atoms with Crippen LogP contribution in [0.1, 0.15) is 16.7 Å². The molecule has 0 saturated heterocycles. The van der Waals surface area contributed by atoms with Crippen LogP contribution in [0, 0.1) is 0 Å². The predicted molar refractivity (Wildman–Crippen MR) is 75.7 cm³/mol. The van der Waals surface area contributed by atoms with Crippen LogP contribution in [-0.2, 0) is 19.3 Å². The topological polar surface area (TPSA) is 42.1 Å². The molecule has 0 bridgehead atoms. The Bertz CT molecular complexity index is 577. The average Bonchev–Trinajstić information content (AvgIpc) is 2.47. The van der Waals surface area contributed by atoms with Gasteiger partial charge >= 0.3 is 6.18 Å². The van der Waals surface area contributed by atoms with Crippen LogP contribution in [0.2, 0.25) is 0 Å². The second-order valence-corrected chi connectivity index (χ2v) is 4.78. The molecular formula is C15H16F3N3. The predicted octanol–water partition coefficient (Wildman–Crippen LogP) is 3.20. The first kappa shape index (κ1) is 15.3. The molecule has 0 amide bonds. The maximum Gasteiger partial charge on any atom is 0.417 e. The minimum Gasteiger partial charge on any atom is -0.355 e. The second-order valence-electron chi connectivity index (χ2n) is 4.78. The van der Waals surface area contributed by atoms with Gasteiger partial charge in [-0.15, -0.1) is 0 Å². The van der Waals surface area contributed by atoms with Crippen molar-refractivity contribution in [3.05, 3.63) is 59.3 Å². The Morgan fingerprint density at radius 2 is 1.67 bits per heavy atom. The van der Waals surface area contributed by atoms with Crippen molar-refractivity contribution in [2.24, 2.45) is 5.73 Å². The molecule has 0 atom stereocenters. The normalized spacial score (nSPS) is 11.5. The van der Waals surface area contributed by atoms with Crippen LogP contribution in [0.4, 0.5) is 19.0 Å². The molecule has 1 aromatic carbocycles. The van der Waals surface area contributed by atoms with Gasteiger partial charge in [0.05, 0.1) is 5.56 Å². The van der Waals surface area contributed by atoms with E-state index < -0.39 is 11.7 Å². The molecule has 2 rings (SSSR count). The molecule has 0 aliphatic heterocycles. The maximum atomic E-state index is 12.5. The van der Waals surface area contributed by atoms with Gasteiger partial charge in [-0.1, -0.05) is 24.3 Å². The quantitative estimate of drug-likeness (QED) is 0.942. The largest absolute Gasteiger partial charge is 0.417 e. The Balaban J connectivity index is 2.07. The zero-order chi connectivity index (χ0) is 15.5. The first-order valence-electron chi connectivity index (χ1n) is 6.42. The zero-order valence-corrected chi connectivity index (χ0v) is 11.6. The molecule has 0 fully saturated rings. The molecule has 21 heavy (non-hydrogen) atoms. The van der Waals surface area contributed by atoms with Gasteiger partial charge in [0.1, 0.15) is 5.82 Å². The van der Waals surface area contributed by atoms with Crippen molar-refractivity contribution in [2.45, 2.75) is 19.3 Å². The van der Waals surface area contributed by atoms with E-state index >= 15 is 0 Å². The van der Waals surface area contributed by atoms with Crippen molar-refractivity contribution in [1.29, 1.82) is 0 Å². The maximum absolute atomic E-state index is 12.5. The summed E-state index contributed by atoms with van der Waals surface area (Å²) in [6.45, 7) is 1.04. The fourth-order valence-corrected chi connectivity index (χ4v) is 1.92. The summed E-state index contributed by atoms with van der Waals surface area (Å²) in [4.78, 5) is 5.65. The van der Waals surface area contributed by atoms with E-state index in [1.54, 1.807) is 11.9 Å². The number of alkyl halides is 3. The minimum absolute atomic E-state index is 0.483. The number of benzene rings is 1. The third-order valence-corrected chi connectivity index (χ3v) is 3.14.